The van der Waals surface area contributed by atoms with Crippen LogP contribution in [0.1, 0.15) is 30.7 Å². The molecular formula is C13H20N2O2. The summed E-state index contributed by atoms with van der Waals surface area (Å²) in [6, 6.07) is 3.99. The predicted octanol–water partition coefficient (Wildman–Crippen LogP) is 1.75. The second-order valence-electron chi connectivity index (χ2n) is 4.67. The van der Waals surface area contributed by atoms with E-state index in [-0.39, 0.29) is 5.75 Å². The third-order valence-corrected chi connectivity index (χ3v) is 3.37. The molecular weight excluding hydrogens is 216 g/mol. The maximum atomic E-state index is 9.68. The predicted molar refractivity (Wildman–Crippen MR) is 65.9 cm³/mol. The molecule has 4 heteroatoms. The first kappa shape index (κ1) is 12.3. The highest BCUT2D eigenvalue weighted by molar-refractivity contribution is 5.27. The number of aromatic nitrogens is 1. The Balaban J connectivity index is 1.88. The van der Waals surface area contributed by atoms with Gasteiger partial charge < -0.3 is 15.2 Å². The highest BCUT2D eigenvalue weighted by atomic mass is 16.5. The molecule has 2 rings (SSSR count). The number of pyridine rings is 1. The molecule has 0 spiro atoms. The molecule has 4 nitrogen and oxygen atoms in total. The van der Waals surface area contributed by atoms with Crippen molar-refractivity contribution in [2.24, 2.45) is 0 Å². The molecule has 1 heterocycles. The summed E-state index contributed by atoms with van der Waals surface area (Å²) in [7, 11) is 1.76. The van der Waals surface area contributed by atoms with E-state index in [9.17, 15) is 5.11 Å². The molecule has 2 unspecified atom stereocenters. The Morgan fingerprint density at radius 3 is 3.00 bits per heavy atom. The summed E-state index contributed by atoms with van der Waals surface area (Å²) in [6.45, 7) is 2.55. The van der Waals surface area contributed by atoms with Crippen molar-refractivity contribution in [2.45, 2.75) is 44.9 Å². The van der Waals surface area contributed by atoms with Gasteiger partial charge >= 0.3 is 0 Å². The monoisotopic (exact) mass is 236 g/mol. The fraction of sp³-hybridized carbons (Fsp3) is 0.615. The van der Waals surface area contributed by atoms with Crippen LogP contribution in [-0.4, -0.2) is 29.3 Å². The number of methoxy groups -OCH3 is 1. The molecule has 1 aromatic heterocycles. The first-order valence-corrected chi connectivity index (χ1v) is 6.10. The van der Waals surface area contributed by atoms with Crippen LogP contribution in [0, 0.1) is 6.92 Å². The summed E-state index contributed by atoms with van der Waals surface area (Å²) >= 11 is 0. The van der Waals surface area contributed by atoms with E-state index in [1.807, 2.05) is 13.0 Å². The lowest BCUT2D eigenvalue weighted by Crippen LogP contribution is -2.27. The maximum Gasteiger partial charge on any atom is 0.138 e. The van der Waals surface area contributed by atoms with Crippen LogP contribution in [-0.2, 0) is 11.3 Å². The largest absolute Gasteiger partial charge is 0.506 e. The zero-order chi connectivity index (χ0) is 12.3. The van der Waals surface area contributed by atoms with Gasteiger partial charge in [0.25, 0.3) is 0 Å². The summed E-state index contributed by atoms with van der Waals surface area (Å²) in [4.78, 5) is 4.33. The molecule has 1 aliphatic rings. The Labute approximate surface area is 102 Å². The van der Waals surface area contributed by atoms with Crippen LogP contribution in [0.2, 0.25) is 0 Å². The molecule has 0 bridgehead atoms. The highest BCUT2D eigenvalue weighted by Crippen LogP contribution is 2.22. The molecule has 2 N–H and O–H groups in total. The summed E-state index contributed by atoms with van der Waals surface area (Å²) in [5.74, 6) is 0.268. The molecule has 0 radical (unpaired) electrons. The van der Waals surface area contributed by atoms with Gasteiger partial charge in [-0.15, -0.1) is 0 Å². The third kappa shape index (κ3) is 3.17. The van der Waals surface area contributed by atoms with E-state index in [1.54, 1.807) is 13.2 Å². The van der Waals surface area contributed by atoms with Crippen molar-refractivity contribution < 1.29 is 9.84 Å². The minimum Gasteiger partial charge on any atom is -0.506 e. The zero-order valence-electron chi connectivity index (χ0n) is 10.4. The molecule has 1 fully saturated rings. The van der Waals surface area contributed by atoms with E-state index in [0.29, 0.717) is 18.7 Å². The van der Waals surface area contributed by atoms with Gasteiger partial charge in [0.15, 0.2) is 0 Å². The van der Waals surface area contributed by atoms with Gasteiger partial charge in [-0.1, -0.05) is 0 Å². The lowest BCUT2D eigenvalue weighted by molar-refractivity contribution is 0.107. The average Bonchev–Trinajstić information content (AvgIpc) is 2.78. The van der Waals surface area contributed by atoms with Gasteiger partial charge in [0.05, 0.1) is 11.8 Å². The Morgan fingerprint density at radius 2 is 2.29 bits per heavy atom. The molecule has 1 aromatic rings. The van der Waals surface area contributed by atoms with Crippen molar-refractivity contribution in [3.05, 3.63) is 23.5 Å². The highest BCUT2D eigenvalue weighted by Gasteiger charge is 2.24. The van der Waals surface area contributed by atoms with Gasteiger partial charge in [-0.3, -0.25) is 4.98 Å². The summed E-state index contributed by atoms with van der Waals surface area (Å²) in [5, 5.41) is 13.1. The third-order valence-electron chi connectivity index (χ3n) is 3.37. The van der Waals surface area contributed by atoms with E-state index in [4.69, 9.17) is 4.74 Å². The first-order valence-electron chi connectivity index (χ1n) is 6.10. The van der Waals surface area contributed by atoms with Crippen molar-refractivity contribution >= 4 is 0 Å². The number of hydrogen-bond donors (Lipinski definition) is 2. The fourth-order valence-corrected chi connectivity index (χ4v) is 2.31. The van der Waals surface area contributed by atoms with Crippen molar-refractivity contribution in [1.82, 2.24) is 10.3 Å². The second-order valence-corrected chi connectivity index (χ2v) is 4.67. The van der Waals surface area contributed by atoms with Crippen LogP contribution in [0.5, 0.6) is 5.75 Å². The first-order chi connectivity index (χ1) is 8.19. The van der Waals surface area contributed by atoms with Crippen LogP contribution in [0.15, 0.2) is 12.1 Å². The van der Waals surface area contributed by atoms with Crippen LogP contribution >= 0.6 is 0 Å². The SMILES string of the molecule is COC1CCC(NCc2nc(C)ccc2O)C1. The summed E-state index contributed by atoms with van der Waals surface area (Å²) in [6.07, 6.45) is 3.67. The number of ether oxygens (including phenoxy) is 1. The fourth-order valence-electron chi connectivity index (χ4n) is 2.31. The van der Waals surface area contributed by atoms with E-state index < -0.39 is 0 Å². The maximum absolute atomic E-state index is 9.68. The molecule has 0 saturated heterocycles. The molecule has 94 valence electrons. The normalized spacial score (nSPS) is 24.1. The van der Waals surface area contributed by atoms with Gasteiger partial charge in [0.1, 0.15) is 5.75 Å². The van der Waals surface area contributed by atoms with Gasteiger partial charge in [-0.25, -0.2) is 0 Å². The summed E-state index contributed by atoms with van der Waals surface area (Å²) < 4.78 is 5.33. The number of nitrogens with one attached hydrogen (secondary N) is 1. The van der Waals surface area contributed by atoms with E-state index in [2.05, 4.69) is 10.3 Å². The standard InChI is InChI=1S/C13H20N2O2/c1-9-3-6-13(16)12(15-9)8-14-10-4-5-11(7-10)17-2/h3,6,10-11,14,16H,4-5,7-8H2,1-2H3. The topological polar surface area (TPSA) is 54.4 Å². The van der Waals surface area contributed by atoms with Gasteiger partial charge in [-0.2, -0.15) is 0 Å². The average molecular weight is 236 g/mol. The van der Waals surface area contributed by atoms with E-state index in [1.165, 1.54) is 0 Å². The number of hydrogen-bond acceptors (Lipinski definition) is 4. The Morgan fingerprint density at radius 1 is 1.47 bits per heavy atom. The smallest absolute Gasteiger partial charge is 0.138 e. The minimum absolute atomic E-state index is 0.268. The molecule has 0 aliphatic heterocycles. The number of nitrogens with zero attached hydrogens (tertiary/aromatic N) is 1. The van der Waals surface area contributed by atoms with Gasteiger partial charge in [0, 0.05) is 25.4 Å². The molecule has 17 heavy (non-hydrogen) atoms. The quantitative estimate of drug-likeness (QED) is 0.836. The van der Waals surface area contributed by atoms with Gasteiger partial charge in [-0.05, 0) is 38.3 Å². The molecule has 2 atom stereocenters. The van der Waals surface area contributed by atoms with Crippen molar-refractivity contribution in [2.75, 3.05) is 7.11 Å². The number of aromatic hydroxyl groups is 1. The molecule has 1 aliphatic carbocycles. The van der Waals surface area contributed by atoms with Crippen LogP contribution in [0.25, 0.3) is 0 Å². The number of rotatable bonds is 4. The van der Waals surface area contributed by atoms with Crippen molar-refractivity contribution in [1.29, 1.82) is 0 Å². The van der Waals surface area contributed by atoms with Crippen LogP contribution < -0.4 is 5.32 Å². The lowest BCUT2D eigenvalue weighted by Gasteiger charge is -2.13. The summed E-state index contributed by atoms with van der Waals surface area (Å²) in [5.41, 5.74) is 1.66. The zero-order valence-corrected chi connectivity index (χ0v) is 10.4. The van der Waals surface area contributed by atoms with E-state index in [0.717, 1.165) is 30.7 Å². The minimum atomic E-state index is 0.268. The molecule has 0 amide bonds. The van der Waals surface area contributed by atoms with Crippen LogP contribution in [0.3, 0.4) is 0 Å². The number of aryl methyl sites for hydroxylation is 1. The van der Waals surface area contributed by atoms with Crippen molar-refractivity contribution in [3.63, 3.8) is 0 Å². The molecule has 0 aromatic carbocycles. The van der Waals surface area contributed by atoms with E-state index >= 15 is 0 Å². The second kappa shape index (κ2) is 5.47. The van der Waals surface area contributed by atoms with Gasteiger partial charge in [0.2, 0.25) is 0 Å². The lowest BCUT2D eigenvalue weighted by atomic mass is 10.2. The van der Waals surface area contributed by atoms with Crippen LogP contribution in [0.4, 0.5) is 0 Å². The Kier molecular flexibility index (Phi) is 3.97. The van der Waals surface area contributed by atoms with Crippen molar-refractivity contribution in [3.8, 4) is 5.75 Å². The Hall–Kier alpha value is -1.13. The molecule has 1 saturated carbocycles. The Bertz CT molecular complexity index is 382.